The molecule has 2 aliphatic rings. The third-order valence-electron chi connectivity index (χ3n) is 6.41. The summed E-state index contributed by atoms with van der Waals surface area (Å²) in [6.45, 7) is 2.90. The third kappa shape index (κ3) is 3.32. The first-order chi connectivity index (χ1) is 16.6. The summed E-state index contributed by atoms with van der Waals surface area (Å²) in [5.74, 6) is 1.20. The molecule has 2 aromatic heterocycles. The fraction of sp³-hybridized carbons (Fsp3) is 0.222. The largest absolute Gasteiger partial charge is 0.495 e. The lowest BCUT2D eigenvalue weighted by molar-refractivity contribution is -0.143. The molecule has 3 heterocycles. The minimum absolute atomic E-state index is 0.0650. The zero-order chi connectivity index (χ0) is 23.2. The lowest BCUT2D eigenvalue weighted by atomic mass is 9.88. The smallest absolute Gasteiger partial charge is 0.331 e. The number of nitrogens with zero attached hydrogens (tertiary/aromatic N) is 3. The number of methoxy groups -OCH3 is 1. The number of allylic oxidation sites excluding steroid dienone is 1. The number of hydrogen-bond acceptors (Lipinski definition) is 6. The van der Waals surface area contributed by atoms with Crippen molar-refractivity contribution in [3.8, 4) is 5.75 Å². The molecule has 2 unspecified atom stereocenters. The van der Waals surface area contributed by atoms with Gasteiger partial charge in [-0.25, -0.2) is 14.8 Å². The molecule has 7 nitrogen and oxygen atoms in total. The molecule has 0 fully saturated rings. The SMILES string of the molecule is COc1cccc2c3nc4ccccc4nc3n(CCOC3=CC4OC(=O)C=C(C)C4C=C3)c12. The van der Waals surface area contributed by atoms with E-state index in [1.807, 2.05) is 67.6 Å². The number of ether oxygens (including phenoxy) is 3. The van der Waals surface area contributed by atoms with Gasteiger partial charge in [-0.1, -0.05) is 35.9 Å². The van der Waals surface area contributed by atoms with Gasteiger partial charge in [0.05, 0.1) is 30.2 Å². The molecule has 0 N–H and O–H groups in total. The first-order valence-corrected chi connectivity index (χ1v) is 11.3. The Labute approximate surface area is 196 Å². The van der Waals surface area contributed by atoms with E-state index in [1.54, 1.807) is 13.2 Å². The highest BCUT2D eigenvalue weighted by molar-refractivity contribution is 6.08. The van der Waals surface area contributed by atoms with Gasteiger partial charge in [-0.2, -0.15) is 0 Å². The van der Waals surface area contributed by atoms with Crippen LogP contribution in [0, 0.1) is 5.92 Å². The molecule has 34 heavy (non-hydrogen) atoms. The van der Waals surface area contributed by atoms with Gasteiger partial charge in [0.1, 0.15) is 29.7 Å². The van der Waals surface area contributed by atoms with Crippen LogP contribution in [0.2, 0.25) is 0 Å². The molecule has 4 aromatic rings. The Kier molecular flexibility index (Phi) is 4.83. The molecule has 1 aliphatic heterocycles. The van der Waals surface area contributed by atoms with Crippen molar-refractivity contribution in [3.05, 3.63) is 78.1 Å². The highest BCUT2D eigenvalue weighted by atomic mass is 16.5. The molecule has 2 atom stereocenters. The zero-order valence-electron chi connectivity index (χ0n) is 18.9. The summed E-state index contributed by atoms with van der Waals surface area (Å²) >= 11 is 0. The van der Waals surface area contributed by atoms with Gasteiger partial charge in [0.15, 0.2) is 5.65 Å². The van der Waals surface area contributed by atoms with E-state index in [2.05, 4.69) is 4.57 Å². The summed E-state index contributed by atoms with van der Waals surface area (Å²) in [5, 5.41) is 0.989. The molecule has 6 rings (SSSR count). The maximum absolute atomic E-state index is 11.8. The second-order valence-corrected chi connectivity index (χ2v) is 8.48. The van der Waals surface area contributed by atoms with E-state index < -0.39 is 0 Å². The van der Waals surface area contributed by atoms with E-state index in [-0.39, 0.29) is 18.0 Å². The predicted molar refractivity (Wildman–Crippen MR) is 129 cm³/mol. The van der Waals surface area contributed by atoms with Crippen molar-refractivity contribution in [2.45, 2.75) is 19.6 Å². The van der Waals surface area contributed by atoms with Crippen LogP contribution in [0.25, 0.3) is 33.1 Å². The Balaban J connectivity index is 1.34. The Hall–Kier alpha value is -4.13. The fourth-order valence-electron chi connectivity index (χ4n) is 4.79. The summed E-state index contributed by atoms with van der Waals surface area (Å²) in [5.41, 5.74) is 5.25. The summed E-state index contributed by atoms with van der Waals surface area (Å²) < 4.78 is 19.3. The van der Waals surface area contributed by atoms with Crippen LogP contribution in [0.3, 0.4) is 0 Å². The third-order valence-corrected chi connectivity index (χ3v) is 6.41. The fourth-order valence-corrected chi connectivity index (χ4v) is 4.79. The van der Waals surface area contributed by atoms with Crippen LogP contribution >= 0.6 is 0 Å². The second kappa shape index (κ2) is 8.02. The Bertz CT molecular complexity index is 1550. The van der Waals surface area contributed by atoms with Gasteiger partial charge < -0.3 is 18.8 Å². The maximum atomic E-state index is 11.8. The average molecular weight is 453 g/mol. The molecule has 170 valence electrons. The van der Waals surface area contributed by atoms with E-state index in [0.717, 1.165) is 44.4 Å². The van der Waals surface area contributed by atoms with Crippen molar-refractivity contribution < 1.29 is 19.0 Å². The number of benzene rings is 2. The summed E-state index contributed by atoms with van der Waals surface area (Å²) in [6.07, 6.45) is 7.06. The average Bonchev–Trinajstić information content (AvgIpc) is 3.15. The van der Waals surface area contributed by atoms with Crippen molar-refractivity contribution in [2.24, 2.45) is 5.92 Å². The summed E-state index contributed by atoms with van der Waals surface area (Å²) in [7, 11) is 1.67. The molecule has 0 spiro atoms. The predicted octanol–water partition coefficient (Wildman–Crippen LogP) is 4.70. The number of hydrogen-bond donors (Lipinski definition) is 0. The number of carbonyl (C=O) groups is 1. The van der Waals surface area contributed by atoms with Gasteiger partial charge in [0.2, 0.25) is 0 Å². The van der Waals surface area contributed by atoms with Crippen molar-refractivity contribution >= 4 is 39.1 Å². The van der Waals surface area contributed by atoms with Gasteiger partial charge in [-0.05, 0) is 37.3 Å². The van der Waals surface area contributed by atoms with E-state index in [0.29, 0.717) is 18.9 Å². The molecule has 0 saturated carbocycles. The maximum Gasteiger partial charge on any atom is 0.331 e. The molecule has 0 saturated heterocycles. The van der Waals surface area contributed by atoms with Gasteiger partial charge in [0, 0.05) is 17.4 Å². The zero-order valence-corrected chi connectivity index (χ0v) is 18.9. The van der Waals surface area contributed by atoms with Crippen LogP contribution in [-0.2, 0) is 20.8 Å². The molecule has 7 heteroatoms. The normalized spacial score (nSPS) is 19.6. The van der Waals surface area contributed by atoms with Crippen LogP contribution in [0.15, 0.2) is 78.1 Å². The van der Waals surface area contributed by atoms with E-state index >= 15 is 0 Å². The van der Waals surface area contributed by atoms with Crippen LogP contribution < -0.4 is 4.74 Å². The number of fused-ring (bicyclic) bond motifs is 5. The van der Waals surface area contributed by atoms with Crippen molar-refractivity contribution in [1.82, 2.24) is 14.5 Å². The number of esters is 1. The number of carbonyl (C=O) groups excluding carboxylic acids is 1. The van der Waals surface area contributed by atoms with E-state index in [1.165, 1.54) is 0 Å². The summed E-state index contributed by atoms with van der Waals surface area (Å²) in [6, 6.07) is 13.8. The van der Waals surface area contributed by atoms with Crippen LogP contribution in [0.4, 0.5) is 0 Å². The molecule has 0 bridgehead atoms. The molecule has 0 amide bonds. The van der Waals surface area contributed by atoms with Gasteiger partial charge in [0.25, 0.3) is 0 Å². The van der Waals surface area contributed by atoms with E-state index in [9.17, 15) is 4.79 Å². The first kappa shape index (κ1) is 20.5. The minimum Gasteiger partial charge on any atom is -0.495 e. The topological polar surface area (TPSA) is 75.5 Å². The molecular formula is C27H23N3O4. The number of para-hydroxylation sites is 3. The van der Waals surface area contributed by atoms with Crippen LogP contribution in [0.5, 0.6) is 5.75 Å². The van der Waals surface area contributed by atoms with Crippen LogP contribution in [0.1, 0.15) is 6.92 Å². The van der Waals surface area contributed by atoms with Crippen molar-refractivity contribution in [3.63, 3.8) is 0 Å². The Morgan fingerprint density at radius 1 is 1.09 bits per heavy atom. The lowest BCUT2D eigenvalue weighted by Gasteiger charge is -2.29. The first-order valence-electron chi connectivity index (χ1n) is 11.3. The van der Waals surface area contributed by atoms with E-state index in [4.69, 9.17) is 24.2 Å². The van der Waals surface area contributed by atoms with Crippen molar-refractivity contribution in [2.75, 3.05) is 13.7 Å². The molecule has 1 aliphatic carbocycles. The van der Waals surface area contributed by atoms with Gasteiger partial charge in [-0.3, -0.25) is 0 Å². The van der Waals surface area contributed by atoms with Crippen LogP contribution in [-0.4, -0.2) is 40.3 Å². The number of rotatable bonds is 5. The number of aromatic nitrogens is 3. The standard InChI is InChI=1S/C27H23N3O4/c1-16-14-24(31)34-23-15-17(10-11-18(16)23)33-13-12-30-26-19(6-5-9-22(26)32-2)25-27(30)29-21-8-4-3-7-20(21)28-25/h3-11,14-15,18,23H,12-13H2,1-2H3. The molecule has 2 aromatic carbocycles. The monoisotopic (exact) mass is 453 g/mol. The highest BCUT2D eigenvalue weighted by Crippen LogP contribution is 2.34. The van der Waals surface area contributed by atoms with Gasteiger partial charge >= 0.3 is 5.97 Å². The Morgan fingerprint density at radius 2 is 1.91 bits per heavy atom. The Morgan fingerprint density at radius 3 is 2.74 bits per heavy atom. The second-order valence-electron chi connectivity index (χ2n) is 8.48. The lowest BCUT2D eigenvalue weighted by Crippen LogP contribution is -2.31. The summed E-state index contributed by atoms with van der Waals surface area (Å²) in [4.78, 5) is 21.6. The highest BCUT2D eigenvalue weighted by Gasteiger charge is 2.30. The molecule has 0 radical (unpaired) electrons. The van der Waals surface area contributed by atoms with Gasteiger partial charge in [-0.15, -0.1) is 0 Å². The minimum atomic E-state index is -0.330. The van der Waals surface area contributed by atoms with Crippen molar-refractivity contribution in [1.29, 1.82) is 0 Å². The quantitative estimate of drug-likeness (QED) is 0.408. The molecular weight excluding hydrogens is 430 g/mol.